The summed E-state index contributed by atoms with van der Waals surface area (Å²) in [6, 6.07) is 11.5. The largest absolute Gasteiger partial charge is 0.352 e. The molecule has 0 spiro atoms. The molecule has 9 heteroatoms. The van der Waals surface area contributed by atoms with Crippen LogP contribution in [-0.2, 0) is 26.2 Å². The van der Waals surface area contributed by atoms with Crippen LogP contribution in [0.15, 0.2) is 48.5 Å². The lowest BCUT2D eigenvalue weighted by Crippen LogP contribution is -2.53. The van der Waals surface area contributed by atoms with Gasteiger partial charge in [-0.15, -0.1) is 0 Å². The first-order valence-corrected chi connectivity index (χ1v) is 12.7. The Labute approximate surface area is 195 Å². The second-order valence-electron chi connectivity index (χ2n) is 8.34. The molecule has 180 valence electrons. The van der Waals surface area contributed by atoms with E-state index < -0.39 is 34.3 Å². The van der Waals surface area contributed by atoms with E-state index in [0.717, 1.165) is 33.8 Å². The Bertz CT molecular complexity index is 1050. The molecule has 0 aliphatic carbocycles. The molecule has 0 saturated carbocycles. The lowest BCUT2D eigenvalue weighted by molar-refractivity contribution is -0.140. The average molecular weight is 478 g/mol. The normalized spacial score (nSPS) is 12.3. The Balaban J connectivity index is 2.42. The van der Waals surface area contributed by atoms with Crippen molar-refractivity contribution in [2.75, 3.05) is 17.1 Å². The molecule has 2 rings (SSSR count). The molecular formula is C24H32FN3O4S. The molecule has 0 saturated heterocycles. The third-order valence-electron chi connectivity index (χ3n) is 5.08. The zero-order chi connectivity index (χ0) is 24.8. The van der Waals surface area contributed by atoms with Crippen LogP contribution in [0.1, 0.15) is 38.3 Å². The minimum Gasteiger partial charge on any atom is -0.352 e. The highest BCUT2D eigenvalue weighted by Gasteiger charge is 2.31. The quantitative estimate of drug-likeness (QED) is 0.569. The van der Waals surface area contributed by atoms with Crippen molar-refractivity contribution in [2.24, 2.45) is 0 Å². The van der Waals surface area contributed by atoms with Gasteiger partial charge in [0.15, 0.2) is 0 Å². The highest BCUT2D eigenvalue weighted by molar-refractivity contribution is 7.92. The van der Waals surface area contributed by atoms with Crippen molar-refractivity contribution in [3.8, 4) is 0 Å². The van der Waals surface area contributed by atoms with Gasteiger partial charge in [0, 0.05) is 12.6 Å². The van der Waals surface area contributed by atoms with Crippen LogP contribution in [0.3, 0.4) is 0 Å². The fourth-order valence-electron chi connectivity index (χ4n) is 3.41. The number of carbonyl (C=O) groups is 2. The van der Waals surface area contributed by atoms with Gasteiger partial charge >= 0.3 is 0 Å². The number of nitrogens with zero attached hydrogens (tertiary/aromatic N) is 2. The van der Waals surface area contributed by atoms with E-state index in [1.807, 2.05) is 45.0 Å². The zero-order valence-corrected chi connectivity index (χ0v) is 20.5. The SMILES string of the molecule is CCC(C(=O)NC(C)C)N(Cc1ccc(C)cc1)C(=O)CN(c1ccc(F)cc1)S(C)(=O)=O. The predicted octanol–water partition coefficient (Wildman–Crippen LogP) is 3.23. The number of anilines is 1. The van der Waals surface area contributed by atoms with Crippen LogP contribution in [0.2, 0.25) is 0 Å². The van der Waals surface area contributed by atoms with Gasteiger partial charge in [0.05, 0.1) is 11.9 Å². The van der Waals surface area contributed by atoms with Crippen molar-refractivity contribution in [3.05, 3.63) is 65.5 Å². The van der Waals surface area contributed by atoms with Crippen molar-refractivity contribution >= 4 is 27.5 Å². The van der Waals surface area contributed by atoms with Gasteiger partial charge in [0.25, 0.3) is 0 Å². The smallest absolute Gasteiger partial charge is 0.244 e. The summed E-state index contributed by atoms with van der Waals surface area (Å²) >= 11 is 0. The number of rotatable bonds is 10. The van der Waals surface area contributed by atoms with Crippen LogP contribution >= 0.6 is 0 Å². The van der Waals surface area contributed by atoms with Crippen LogP contribution in [0, 0.1) is 12.7 Å². The molecular weight excluding hydrogens is 445 g/mol. The van der Waals surface area contributed by atoms with Gasteiger partial charge in [-0.2, -0.15) is 0 Å². The predicted molar refractivity (Wildman–Crippen MR) is 128 cm³/mol. The van der Waals surface area contributed by atoms with Crippen LogP contribution in [-0.4, -0.2) is 50.0 Å². The molecule has 2 aromatic rings. The Morgan fingerprint density at radius 3 is 2.09 bits per heavy atom. The van der Waals surface area contributed by atoms with E-state index in [4.69, 9.17) is 0 Å². The molecule has 1 N–H and O–H groups in total. The van der Waals surface area contributed by atoms with Crippen LogP contribution in [0.4, 0.5) is 10.1 Å². The fraction of sp³-hybridized carbons (Fsp3) is 0.417. The first-order chi connectivity index (χ1) is 15.4. The van der Waals surface area contributed by atoms with Gasteiger partial charge in [-0.05, 0) is 57.0 Å². The molecule has 0 bridgehead atoms. The molecule has 2 aromatic carbocycles. The average Bonchev–Trinajstić information content (AvgIpc) is 2.72. The number of amides is 2. The molecule has 0 radical (unpaired) electrons. The molecule has 0 aromatic heterocycles. The third-order valence-corrected chi connectivity index (χ3v) is 6.22. The number of hydrogen-bond acceptors (Lipinski definition) is 4. The van der Waals surface area contributed by atoms with Crippen molar-refractivity contribution < 1.29 is 22.4 Å². The van der Waals surface area contributed by atoms with Gasteiger partial charge in [-0.1, -0.05) is 36.8 Å². The molecule has 0 aliphatic heterocycles. The fourth-order valence-corrected chi connectivity index (χ4v) is 4.26. The first kappa shape index (κ1) is 26.3. The summed E-state index contributed by atoms with van der Waals surface area (Å²) in [7, 11) is -3.85. The molecule has 2 amide bonds. The number of halogens is 1. The topological polar surface area (TPSA) is 86.8 Å². The summed E-state index contributed by atoms with van der Waals surface area (Å²) in [6.45, 7) is 7.04. The maximum atomic E-state index is 13.5. The zero-order valence-electron chi connectivity index (χ0n) is 19.7. The Morgan fingerprint density at radius 2 is 1.61 bits per heavy atom. The van der Waals surface area contributed by atoms with E-state index in [1.54, 1.807) is 6.92 Å². The van der Waals surface area contributed by atoms with E-state index in [9.17, 15) is 22.4 Å². The van der Waals surface area contributed by atoms with Crippen LogP contribution < -0.4 is 9.62 Å². The van der Waals surface area contributed by atoms with E-state index >= 15 is 0 Å². The Kier molecular flexibility index (Phi) is 8.99. The van der Waals surface area contributed by atoms with Crippen molar-refractivity contribution in [2.45, 2.75) is 52.7 Å². The Hall–Kier alpha value is -2.94. The van der Waals surface area contributed by atoms with Crippen LogP contribution in [0.25, 0.3) is 0 Å². The maximum absolute atomic E-state index is 13.5. The molecule has 7 nitrogen and oxygen atoms in total. The molecule has 33 heavy (non-hydrogen) atoms. The van der Waals surface area contributed by atoms with Gasteiger partial charge in [0.1, 0.15) is 18.4 Å². The summed E-state index contributed by atoms with van der Waals surface area (Å²) < 4.78 is 39.2. The van der Waals surface area contributed by atoms with Gasteiger partial charge in [0.2, 0.25) is 21.8 Å². The van der Waals surface area contributed by atoms with Crippen molar-refractivity contribution in [1.29, 1.82) is 0 Å². The molecule has 0 fully saturated rings. The lowest BCUT2D eigenvalue weighted by Gasteiger charge is -2.33. The number of aryl methyl sites for hydroxylation is 1. The summed E-state index contributed by atoms with van der Waals surface area (Å²) in [5.41, 5.74) is 2.04. The second kappa shape index (κ2) is 11.3. The number of benzene rings is 2. The Morgan fingerprint density at radius 1 is 1.03 bits per heavy atom. The summed E-state index contributed by atoms with van der Waals surface area (Å²) in [5, 5.41) is 2.84. The lowest BCUT2D eigenvalue weighted by atomic mass is 10.1. The number of hydrogen-bond donors (Lipinski definition) is 1. The van der Waals surface area contributed by atoms with Gasteiger partial charge in [-0.3, -0.25) is 13.9 Å². The van der Waals surface area contributed by atoms with Gasteiger partial charge in [-0.25, -0.2) is 12.8 Å². The minimum atomic E-state index is -3.85. The molecule has 0 aliphatic rings. The first-order valence-electron chi connectivity index (χ1n) is 10.8. The van der Waals surface area contributed by atoms with Gasteiger partial charge < -0.3 is 10.2 Å². The van der Waals surface area contributed by atoms with E-state index in [2.05, 4.69) is 5.32 Å². The van der Waals surface area contributed by atoms with E-state index in [-0.39, 0.29) is 24.2 Å². The van der Waals surface area contributed by atoms with Crippen LogP contribution in [0.5, 0.6) is 0 Å². The molecule has 0 heterocycles. The second-order valence-corrected chi connectivity index (χ2v) is 10.2. The van der Waals surface area contributed by atoms with E-state index in [0.29, 0.717) is 6.42 Å². The van der Waals surface area contributed by atoms with Crippen molar-refractivity contribution in [3.63, 3.8) is 0 Å². The van der Waals surface area contributed by atoms with Crippen molar-refractivity contribution in [1.82, 2.24) is 10.2 Å². The van der Waals surface area contributed by atoms with E-state index in [1.165, 1.54) is 17.0 Å². The number of carbonyl (C=O) groups excluding carboxylic acids is 2. The minimum absolute atomic E-state index is 0.116. The molecule has 1 unspecified atom stereocenters. The number of nitrogens with one attached hydrogen (secondary N) is 1. The molecule has 1 atom stereocenters. The third kappa shape index (κ3) is 7.56. The monoisotopic (exact) mass is 477 g/mol. The highest BCUT2D eigenvalue weighted by atomic mass is 32.2. The summed E-state index contributed by atoms with van der Waals surface area (Å²) in [6.07, 6.45) is 1.34. The number of sulfonamides is 1. The highest BCUT2D eigenvalue weighted by Crippen LogP contribution is 2.20. The maximum Gasteiger partial charge on any atom is 0.244 e. The standard InChI is InChI=1S/C24H32FN3O4S/c1-6-22(24(30)26-17(2)3)27(15-19-9-7-18(4)8-10-19)23(29)16-28(33(5,31)32)21-13-11-20(25)12-14-21/h7-14,17,22H,6,15-16H2,1-5H3,(H,26,30). The summed E-state index contributed by atoms with van der Waals surface area (Å²) in [4.78, 5) is 27.8. The summed E-state index contributed by atoms with van der Waals surface area (Å²) in [5.74, 6) is -1.35.